The van der Waals surface area contributed by atoms with Gasteiger partial charge in [0.25, 0.3) is 0 Å². The molecule has 1 aromatic carbocycles. The first-order valence-electron chi connectivity index (χ1n) is 7.96. The summed E-state index contributed by atoms with van der Waals surface area (Å²) in [4.78, 5) is 4.51. The van der Waals surface area contributed by atoms with Crippen molar-refractivity contribution >= 4 is 10.9 Å². The van der Waals surface area contributed by atoms with Crippen LogP contribution in [0.3, 0.4) is 0 Å². The Kier molecular flexibility index (Phi) is 3.53. The van der Waals surface area contributed by atoms with Crippen LogP contribution in [0, 0.1) is 11.3 Å². The minimum atomic E-state index is -0.696. The maximum Gasteiger partial charge on any atom is 0.0911 e. The fourth-order valence-corrected chi connectivity index (χ4v) is 3.58. The molecule has 1 aliphatic carbocycles. The summed E-state index contributed by atoms with van der Waals surface area (Å²) in [6.07, 6.45) is 5.73. The van der Waals surface area contributed by atoms with Crippen molar-refractivity contribution in [3.05, 3.63) is 42.1 Å². The van der Waals surface area contributed by atoms with Crippen molar-refractivity contribution in [3.63, 3.8) is 0 Å². The molecule has 1 aliphatic rings. The van der Waals surface area contributed by atoms with Gasteiger partial charge in [0.1, 0.15) is 0 Å². The second-order valence-electron chi connectivity index (χ2n) is 7.59. The van der Waals surface area contributed by atoms with Crippen molar-refractivity contribution in [3.8, 4) is 0 Å². The lowest BCUT2D eigenvalue weighted by Crippen LogP contribution is -2.35. The van der Waals surface area contributed by atoms with Gasteiger partial charge in [-0.15, -0.1) is 0 Å². The molecule has 0 saturated heterocycles. The first-order chi connectivity index (χ1) is 9.88. The van der Waals surface area contributed by atoms with Crippen LogP contribution in [0.1, 0.15) is 52.0 Å². The summed E-state index contributed by atoms with van der Waals surface area (Å²) in [5.74, 6) is 0.700. The number of aromatic nitrogens is 1. The largest absolute Gasteiger partial charge is 0.385 e. The van der Waals surface area contributed by atoms with E-state index in [2.05, 4.69) is 37.9 Å². The van der Waals surface area contributed by atoms with Gasteiger partial charge in [0.05, 0.1) is 11.1 Å². The van der Waals surface area contributed by atoms with E-state index >= 15 is 0 Å². The summed E-state index contributed by atoms with van der Waals surface area (Å²) in [7, 11) is 0. The molecule has 1 N–H and O–H groups in total. The molecule has 0 aliphatic heterocycles. The van der Waals surface area contributed by atoms with Gasteiger partial charge in [-0.05, 0) is 49.1 Å². The Morgan fingerprint density at radius 3 is 2.48 bits per heavy atom. The molecule has 0 bridgehead atoms. The SMILES string of the molecule is CC(C)(C)C1CCC(O)(c2cnc3ccccc3c2)CC1. The number of aliphatic hydroxyl groups is 1. The normalized spacial score (nSPS) is 27.0. The third-order valence-electron chi connectivity index (χ3n) is 5.17. The van der Waals surface area contributed by atoms with Crippen LogP contribution in [0.5, 0.6) is 0 Å². The van der Waals surface area contributed by atoms with Gasteiger partial charge in [0.15, 0.2) is 0 Å². The second kappa shape index (κ2) is 5.10. The Morgan fingerprint density at radius 2 is 1.81 bits per heavy atom. The zero-order chi connectivity index (χ0) is 15.1. The first kappa shape index (κ1) is 14.5. The van der Waals surface area contributed by atoms with Gasteiger partial charge >= 0.3 is 0 Å². The molecule has 2 nitrogen and oxygen atoms in total. The number of hydrogen-bond acceptors (Lipinski definition) is 2. The highest BCUT2D eigenvalue weighted by Crippen LogP contribution is 2.45. The summed E-state index contributed by atoms with van der Waals surface area (Å²) < 4.78 is 0. The van der Waals surface area contributed by atoms with Crippen molar-refractivity contribution in [2.75, 3.05) is 0 Å². The number of hydrogen-bond donors (Lipinski definition) is 1. The maximum atomic E-state index is 11.0. The van der Waals surface area contributed by atoms with Crippen molar-refractivity contribution in [2.24, 2.45) is 11.3 Å². The zero-order valence-corrected chi connectivity index (χ0v) is 13.3. The van der Waals surface area contributed by atoms with Gasteiger partial charge in [-0.3, -0.25) is 4.98 Å². The van der Waals surface area contributed by atoms with Crippen LogP contribution in [-0.4, -0.2) is 10.1 Å². The molecule has 3 rings (SSSR count). The van der Waals surface area contributed by atoms with E-state index in [1.165, 1.54) is 0 Å². The van der Waals surface area contributed by atoms with E-state index in [4.69, 9.17) is 0 Å². The van der Waals surface area contributed by atoms with E-state index in [1.54, 1.807) is 0 Å². The van der Waals surface area contributed by atoms with Crippen molar-refractivity contribution in [1.29, 1.82) is 0 Å². The van der Waals surface area contributed by atoms with E-state index in [0.29, 0.717) is 11.3 Å². The van der Waals surface area contributed by atoms with Crippen LogP contribution < -0.4 is 0 Å². The number of para-hydroxylation sites is 1. The molecule has 0 unspecified atom stereocenters. The van der Waals surface area contributed by atoms with E-state index in [-0.39, 0.29) is 0 Å². The standard InChI is InChI=1S/C19H25NO/c1-18(2,3)15-8-10-19(21,11-9-15)16-12-14-6-4-5-7-17(14)20-13-16/h4-7,12-13,15,21H,8-11H2,1-3H3. The zero-order valence-electron chi connectivity index (χ0n) is 13.3. The fraction of sp³-hybridized carbons (Fsp3) is 0.526. The van der Waals surface area contributed by atoms with Gasteiger partial charge in [-0.25, -0.2) is 0 Å². The molecule has 0 radical (unpaired) electrons. The third kappa shape index (κ3) is 2.82. The number of fused-ring (bicyclic) bond motifs is 1. The predicted octanol–water partition coefficient (Wildman–Crippen LogP) is 4.66. The third-order valence-corrected chi connectivity index (χ3v) is 5.17. The minimum absolute atomic E-state index is 0.336. The quantitative estimate of drug-likeness (QED) is 0.825. The molecular weight excluding hydrogens is 258 g/mol. The topological polar surface area (TPSA) is 33.1 Å². The maximum absolute atomic E-state index is 11.0. The van der Waals surface area contributed by atoms with Crippen LogP contribution >= 0.6 is 0 Å². The Bertz CT molecular complexity index is 633. The highest BCUT2D eigenvalue weighted by molar-refractivity contribution is 5.78. The lowest BCUT2D eigenvalue weighted by Gasteiger charge is -2.41. The molecule has 1 fully saturated rings. The summed E-state index contributed by atoms with van der Waals surface area (Å²) >= 11 is 0. The van der Waals surface area contributed by atoms with Crippen LogP contribution in [0.2, 0.25) is 0 Å². The lowest BCUT2D eigenvalue weighted by molar-refractivity contribution is -0.0299. The molecule has 0 atom stereocenters. The van der Waals surface area contributed by atoms with Crippen molar-refractivity contribution in [1.82, 2.24) is 4.98 Å². The molecule has 2 heteroatoms. The smallest absolute Gasteiger partial charge is 0.0911 e. The Morgan fingerprint density at radius 1 is 1.14 bits per heavy atom. The fourth-order valence-electron chi connectivity index (χ4n) is 3.58. The average Bonchev–Trinajstić information content (AvgIpc) is 2.46. The van der Waals surface area contributed by atoms with Crippen molar-refractivity contribution in [2.45, 2.75) is 52.1 Å². The number of nitrogens with zero attached hydrogens (tertiary/aromatic N) is 1. The Hall–Kier alpha value is -1.41. The molecule has 1 heterocycles. The molecule has 1 aromatic heterocycles. The molecule has 1 saturated carbocycles. The van der Waals surface area contributed by atoms with Gasteiger partial charge in [-0.2, -0.15) is 0 Å². The van der Waals surface area contributed by atoms with Crippen LogP contribution in [0.25, 0.3) is 10.9 Å². The molecule has 21 heavy (non-hydrogen) atoms. The first-order valence-corrected chi connectivity index (χ1v) is 7.96. The monoisotopic (exact) mass is 283 g/mol. The number of benzene rings is 1. The molecule has 0 amide bonds. The summed E-state index contributed by atoms with van der Waals surface area (Å²) in [5, 5.41) is 12.2. The molecular formula is C19H25NO. The van der Waals surface area contributed by atoms with Gasteiger partial charge in [-0.1, -0.05) is 39.0 Å². The second-order valence-corrected chi connectivity index (χ2v) is 7.59. The van der Waals surface area contributed by atoms with Crippen LogP contribution in [-0.2, 0) is 5.60 Å². The highest BCUT2D eigenvalue weighted by atomic mass is 16.3. The summed E-state index contributed by atoms with van der Waals surface area (Å²) in [6, 6.07) is 10.2. The van der Waals surface area contributed by atoms with Gasteiger partial charge in [0, 0.05) is 17.1 Å². The van der Waals surface area contributed by atoms with Crippen LogP contribution in [0.15, 0.2) is 36.5 Å². The lowest BCUT2D eigenvalue weighted by atomic mass is 9.67. The Labute approximate surface area is 127 Å². The number of pyridine rings is 1. The summed E-state index contributed by atoms with van der Waals surface area (Å²) in [6.45, 7) is 6.92. The summed E-state index contributed by atoms with van der Waals surface area (Å²) in [5.41, 5.74) is 1.61. The van der Waals surface area contributed by atoms with E-state index in [1.807, 2.05) is 24.4 Å². The van der Waals surface area contributed by atoms with E-state index in [9.17, 15) is 5.11 Å². The highest BCUT2D eigenvalue weighted by Gasteiger charge is 2.38. The number of rotatable bonds is 1. The van der Waals surface area contributed by atoms with E-state index < -0.39 is 5.60 Å². The minimum Gasteiger partial charge on any atom is -0.385 e. The molecule has 2 aromatic rings. The van der Waals surface area contributed by atoms with E-state index in [0.717, 1.165) is 42.1 Å². The molecule has 112 valence electrons. The predicted molar refractivity (Wildman–Crippen MR) is 87.1 cm³/mol. The van der Waals surface area contributed by atoms with Gasteiger partial charge < -0.3 is 5.11 Å². The van der Waals surface area contributed by atoms with Gasteiger partial charge in [0.2, 0.25) is 0 Å². The average molecular weight is 283 g/mol. The Balaban J connectivity index is 1.85. The van der Waals surface area contributed by atoms with Crippen molar-refractivity contribution < 1.29 is 5.11 Å². The van der Waals surface area contributed by atoms with Crippen LogP contribution in [0.4, 0.5) is 0 Å². The molecule has 0 spiro atoms.